The monoisotopic (exact) mass is 314 g/mol. The average Bonchev–Trinajstić information content (AvgIpc) is 2.73. The second-order valence-electron chi connectivity index (χ2n) is 4.28. The van der Waals surface area contributed by atoms with Gasteiger partial charge in [-0.15, -0.1) is 0 Å². The van der Waals surface area contributed by atoms with Gasteiger partial charge in [-0.05, 0) is 18.2 Å². The summed E-state index contributed by atoms with van der Waals surface area (Å²) in [6, 6.07) is 4.62. The Hall–Kier alpha value is -2.08. The van der Waals surface area contributed by atoms with E-state index < -0.39 is 23.1 Å². The Balaban J connectivity index is 2.32. The molecule has 2 rings (SSSR count). The molecule has 21 heavy (non-hydrogen) atoms. The molecule has 0 saturated heterocycles. The molecule has 7 heteroatoms. The van der Waals surface area contributed by atoms with Crippen LogP contribution in [0, 0.1) is 0 Å². The molecule has 0 spiro atoms. The highest BCUT2D eigenvalue weighted by molar-refractivity contribution is 6.31. The maximum absolute atomic E-state index is 12.8. The molecule has 1 aromatic carbocycles. The summed E-state index contributed by atoms with van der Waals surface area (Å²) in [5.41, 5.74) is -1.06. The van der Waals surface area contributed by atoms with Crippen LogP contribution in [0.3, 0.4) is 0 Å². The predicted molar refractivity (Wildman–Crippen MR) is 73.0 cm³/mol. The van der Waals surface area contributed by atoms with Crippen LogP contribution in [0.15, 0.2) is 36.5 Å². The van der Waals surface area contributed by atoms with Crippen molar-refractivity contribution in [2.75, 3.05) is 0 Å². The quantitative estimate of drug-likeness (QED) is 0.634. The summed E-state index contributed by atoms with van der Waals surface area (Å²) >= 11 is 5.85. The molecule has 0 amide bonds. The summed E-state index contributed by atoms with van der Waals surface area (Å²) in [6.45, 7) is 0. The van der Waals surface area contributed by atoms with Crippen molar-refractivity contribution < 1.29 is 18.0 Å². The number of aryl methyl sites for hydroxylation is 1. The lowest BCUT2D eigenvalue weighted by Crippen LogP contribution is -2.11. The van der Waals surface area contributed by atoms with Crippen molar-refractivity contribution in [2.45, 2.75) is 6.18 Å². The van der Waals surface area contributed by atoms with Crippen molar-refractivity contribution >= 4 is 23.5 Å². The van der Waals surface area contributed by atoms with Gasteiger partial charge in [0.25, 0.3) is 0 Å². The zero-order chi connectivity index (χ0) is 15.6. The van der Waals surface area contributed by atoms with Crippen molar-refractivity contribution in [2.24, 2.45) is 7.05 Å². The van der Waals surface area contributed by atoms with E-state index in [-0.39, 0.29) is 0 Å². The molecule has 3 nitrogen and oxygen atoms in total. The molecule has 110 valence electrons. The molecule has 0 N–H and O–H groups in total. The summed E-state index contributed by atoms with van der Waals surface area (Å²) in [5.74, 6) is -0.760. The number of nitrogens with zero attached hydrogens (tertiary/aromatic N) is 2. The van der Waals surface area contributed by atoms with Gasteiger partial charge in [0.05, 0.1) is 10.6 Å². The van der Waals surface area contributed by atoms with E-state index in [4.69, 9.17) is 11.6 Å². The smallest absolute Gasteiger partial charge is 0.289 e. The Kier molecular flexibility index (Phi) is 4.18. The van der Waals surface area contributed by atoms with Gasteiger partial charge in [0.15, 0.2) is 5.78 Å². The largest absolute Gasteiger partial charge is 0.417 e. The first-order valence-corrected chi connectivity index (χ1v) is 6.24. The Morgan fingerprint density at radius 3 is 2.57 bits per heavy atom. The maximum Gasteiger partial charge on any atom is 0.417 e. The minimum Gasteiger partial charge on any atom is -0.289 e. The van der Waals surface area contributed by atoms with Crippen LogP contribution in [-0.4, -0.2) is 15.6 Å². The first-order chi connectivity index (χ1) is 9.79. The number of halogens is 4. The second-order valence-corrected chi connectivity index (χ2v) is 4.68. The van der Waals surface area contributed by atoms with E-state index in [2.05, 4.69) is 5.10 Å². The SMILES string of the molecule is Cn1cc(Cl)c(/C=C\C(=O)c2ccccc2C(F)(F)F)n1. The summed E-state index contributed by atoms with van der Waals surface area (Å²) in [5, 5.41) is 4.28. The van der Waals surface area contributed by atoms with E-state index in [9.17, 15) is 18.0 Å². The van der Waals surface area contributed by atoms with Gasteiger partial charge in [-0.25, -0.2) is 0 Å². The maximum atomic E-state index is 12.8. The molecule has 0 aliphatic carbocycles. The van der Waals surface area contributed by atoms with Crippen LogP contribution in [0.2, 0.25) is 5.02 Å². The first kappa shape index (κ1) is 15.3. The Labute approximate surface area is 123 Å². The number of hydrogen-bond donors (Lipinski definition) is 0. The fourth-order valence-electron chi connectivity index (χ4n) is 1.78. The highest BCUT2D eigenvalue weighted by Crippen LogP contribution is 2.32. The number of carbonyl (C=O) groups is 1. The third-order valence-corrected chi connectivity index (χ3v) is 2.99. The van der Waals surface area contributed by atoms with Gasteiger partial charge in [-0.1, -0.05) is 29.8 Å². The van der Waals surface area contributed by atoms with Gasteiger partial charge >= 0.3 is 6.18 Å². The summed E-state index contributed by atoms with van der Waals surface area (Å²) in [6.07, 6.45) is -0.741. The summed E-state index contributed by atoms with van der Waals surface area (Å²) < 4.78 is 39.9. The number of aromatic nitrogens is 2. The number of ketones is 1. The molecule has 0 bridgehead atoms. The van der Waals surface area contributed by atoms with E-state index in [1.807, 2.05) is 0 Å². The number of alkyl halides is 3. The van der Waals surface area contributed by atoms with Crippen molar-refractivity contribution in [1.82, 2.24) is 9.78 Å². The Bertz CT molecular complexity index is 704. The van der Waals surface area contributed by atoms with Crippen LogP contribution in [-0.2, 0) is 13.2 Å². The molecule has 0 aliphatic rings. The standard InChI is InChI=1S/C14H10ClF3N2O/c1-20-8-11(15)12(19-20)6-7-13(21)9-4-2-3-5-10(9)14(16,17)18/h2-8H,1H3/b7-6-. The van der Waals surface area contributed by atoms with Crippen molar-refractivity contribution in [3.63, 3.8) is 0 Å². The number of rotatable bonds is 3. The van der Waals surface area contributed by atoms with Crippen molar-refractivity contribution in [3.05, 3.63) is 58.4 Å². The van der Waals surface area contributed by atoms with Crippen LogP contribution in [0.1, 0.15) is 21.6 Å². The van der Waals surface area contributed by atoms with Gasteiger partial charge in [0.1, 0.15) is 5.69 Å². The highest BCUT2D eigenvalue weighted by atomic mass is 35.5. The minimum atomic E-state index is -4.58. The topological polar surface area (TPSA) is 34.9 Å². The van der Waals surface area contributed by atoms with Gasteiger partial charge in [-0.2, -0.15) is 18.3 Å². The van der Waals surface area contributed by atoms with Crippen LogP contribution in [0.25, 0.3) is 6.08 Å². The number of benzene rings is 1. The van der Waals surface area contributed by atoms with E-state index in [1.165, 1.54) is 29.1 Å². The molecule has 0 atom stereocenters. The van der Waals surface area contributed by atoms with E-state index >= 15 is 0 Å². The Morgan fingerprint density at radius 2 is 2.00 bits per heavy atom. The molecule has 0 aliphatic heterocycles. The highest BCUT2D eigenvalue weighted by Gasteiger charge is 2.34. The van der Waals surface area contributed by atoms with E-state index in [0.29, 0.717) is 10.7 Å². The fourth-order valence-corrected chi connectivity index (χ4v) is 2.02. The second kappa shape index (κ2) is 5.73. The van der Waals surface area contributed by atoms with Crippen LogP contribution >= 0.6 is 11.6 Å². The molecular weight excluding hydrogens is 305 g/mol. The van der Waals surface area contributed by atoms with Gasteiger partial charge in [0, 0.05) is 18.8 Å². The molecule has 0 unspecified atom stereocenters. The molecule has 0 radical (unpaired) electrons. The lowest BCUT2D eigenvalue weighted by Gasteiger charge is -2.10. The predicted octanol–water partition coefficient (Wildman–Crippen LogP) is 3.99. The molecule has 1 heterocycles. The third-order valence-electron chi connectivity index (χ3n) is 2.70. The number of hydrogen-bond acceptors (Lipinski definition) is 2. The van der Waals surface area contributed by atoms with Gasteiger partial charge in [-0.3, -0.25) is 9.48 Å². The number of allylic oxidation sites excluding steroid dienone is 1. The lowest BCUT2D eigenvalue weighted by molar-refractivity contribution is -0.137. The lowest BCUT2D eigenvalue weighted by atomic mass is 10.0. The molecule has 2 aromatic rings. The summed E-state index contributed by atoms with van der Waals surface area (Å²) in [7, 11) is 1.64. The minimum absolute atomic E-state index is 0.311. The molecule has 1 aromatic heterocycles. The Morgan fingerprint density at radius 1 is 1.33 bits per heavy atom. The first-order valence-electron chi connectivity index (χ1n) is 5.87. The fraction of sp³-hybridized carbons (Fsp3) is 0.143. The zero-order valence-electron chi connectivity index (χ0n) is 10.9. The number of carbonyl (C=O) groups excluding carboxylic acids is 1. The summed E-state index contributed by atoms with van der Waals surface area (Å²) in [4.78, 5) is 11.9. The van der Waals surface area contributed by atoms with Crippen LogP contribution < -0.4 is 0 Å². The van der Waals surface area contributed by atoms with Gasteiger partial charge < -0.3 is 0 Å². The van der Waals surface area contributed by atoms with Crippen LogP contribution in [0.4, 0.5) is 13.2 Å². The average molecular weight is 315 g/mol. The van der Waals surface area contributed by atoms with E-state index in [1.54, 1.807) is 7.05 Å². The zero-order valence-corrected chi connectivity index (χ0v) is 11.6. The van der Waals surface area contributed by atoms with Crippen molar-refractivity contribution in [3.8, 4) is 0 Å². The third kappa shape index (κ3) is 3.52. The van der Waals surface area contributed by atoms with Gasteiger partial charge in [0.2, 0.25) is 0 Å². The van der Waals surface area contributed by atoms with E-state index in [0.717, 1.165) is 18.2 Å². The van der Waals surface area contributed by atoms with Crippen molar-refractivity contribution in [1.29, 1.82) is 0 Å². The molecule has 0 saturated carbocycles. The molecular formula is C14H10ClF3N2O. The normalized spacial score (nSPS) is 12.0. The molecule has 0 fully saturated rings. The van der Waals surface area contributed by atoms with Crippen LogP contribution in [0.5, 0.6) is 0 Å².